The third-order valence-electron chi connectivity index (χ3n) is 3.83. The topological polar surface area (TPSA) is 24.9 Å². The number of nitrogens with one attached hydrogen (secondary N) is 1. The van der Waals surface area contributed by atoms with Crippen molar-refractivity contribution in [2.24, 2.45) is 0 Å². The zero-order chi connectivity index (χ0) is 10.3. The molecule has 1 saturated heterocycles. The van der Waals surface area contributed by atoms with Crippen LogP contribution in [0.25, 0.3) is 0 Å². The van der Waals surface area contributed by atoms with E-state index in [1.165, 1.54) is 37.8 Å². The second-order valence-electron chi connectivity index (χ2n) is 4.83. The molecular formula is C12H15ClN2. The standard InChI is InChI=1S/C12H15ClN2/c13-11-3-2-9(8-14-11)10-6-12(7-10)4-1-5-15-12/h2-3,8,10,15H,1,4-7H2. The summed E-state index contributed by atoms with van der Waals surface area (Å²) in [5, 5.41) is 4.22. The molecule has 2 aliphatic rings. The van der Waals surface area contributed by atoms with Crippen LogP contribution in [0, 0.1) is 0 Å². The van der Waals surface area contributed by atoms with Gasteiger partial charge in [-0.15, -0.1) is 0 Å². The summed E-state index contributed by atoms with van der Waals surface area (Å²) in [6.45, 7) is 1.20. The Morgan fingerprint density at radius 1 is 1.40 bits per heavy atom. The lowest BCUT2D eigenvalue weighted by atomic mass is 9.65. The molecule has 80 valence electrons. The molecule has 0 bridgehead atoms. The van der Waals surface area contributed by atoms with Crippen LogP contribution in [0.4, 0.5) is 0 Å². The van der Waals surface area contributed by atoms with Crippen molar-refractivity contribution < 1.29 is 0 Å². The summed E-state index contributed by atoms with van der Waals surface area (Å²) in [7, 11) is 0. The predicted octanol–water partition coefficient (Wildman–Crippen LogP) is 2.73. The van der Waals surface area contributed by atoms with Crippen molar-refractivity contribution in [1.82, 2.24) is 10.3 Å². The molecule has 1 aromatic rings. The van der Waals surface area contributed by atoms with Gasteiger partial charge in [-0.1, -0.05) is 17.7 Å². The molecule has 15 heavy (non-hydrogen) atoms. The van der Waals surface area contributed by atoms with Crippen LogP contribution in [0.3, 0.4) is 0 Å². The van der Waals surface area contributed by atoms with Crippen LogP contribution < -0.4 is 5.32 Å². The van der Waals surface area contributed by atoms with E-state index in [4.69, 9.17) is 11.6 Å². The molecule has 1 aliphatic carbocycles. The number of aromatic nitrogens is 1. The number of nitrogens with zero attached hydrogens (tertiary/aromatic N) is 1. The van der Waals surface area contributed by atoms with Gasteiger partial charge in [-0.2, -0.15) is 0 Å². The largest absolute Gasteiger partial charge is 0.311 e. The van der Waals surface area contributed by atoms with Crippen molar-refractivity contribution in [1.29, 1.82) is 0 Å². The predicted molar refractivity (Wildman–Crippen MR) is 61.2 cm³/mol. The first kappa shape index (κ1) is 9.61. The number of hydrogen-bond donors (Lipinski definition) is 1. The maximum Gasteiger partial charge on any atom is 0.129 e. The SMILES string of the molecule is Clc1ccc(C2CC3(CCCN3)C2)cn1. The second kappa shape index (κ2) is 3.46. The molecule has 0 amide bonds. The van der Waals surface area contributed by atoms with Crippen LogP contribution in [-0.2, 0) is 0 Å². The fourth-order valence-electron chi connectivity index (χ4n) is 2.97. The number of pyridine rings is 1. The first-order valence-corrected chi connectivity index (χ1v) is 6.02. The summed E-state index contributed by atoms with van der Waals surface area (Å²) in [5.41, 5.74) is 1.82. The van der Waals surface area contributed by atoms with E-state index in [9.17, 15) is 0 Å². The van der Waals surface area contributed by atoms with Gasteiger partial charge in [0.15, 0.2) is 0 Å². The van der Waals surface area contributed by atoms with Gasteiger partial charge in [0.1, 0.15) is 5.15 Å². The molecule has 0 unspecified atom stereocenters. The summed E-state index contributed by atoms with van der Waals surface area (Å²) in [6, 6.07) is 4.01. The van der Waals surface area contributed by atoms with Crippen molar-refractivity contribution in [2.45, 2.75) is 37.1 Å². The molecular weight excluding hydrogens is 208 g/mol. The lowest BCUT2D eigenvalue weighted by molar-refractivity contribution is 0.178. The molecule has 2 nitrogen and oxygen atoms in total. The zero-order valence-electron chi connectivity index (χ0n) is 8.67. The summed E-state index contributed by atoms with van der Waals surface area (Å²) in [5.74, 6) is 0.695. The average Bonchev–Trinajstić information content (AvgIpc) is 2.66. The highest BCUT2D eigenvalue weighted by molar-refractivity contribution is 6.29. The van der Waals surface area contributed by atoms with Crippen LogP contribution in [0.5, 0.6) is 0 Å². The summed E-state index contributed by atoms with van der Waals surface area (Å²) < 4.78 is 0. The van der Waals surface area contributed by atoms with Gasteiger partial charge in [0, 0.05) is 11.7 Å². The minimum Gasteiger partial charge on any atom is -0.311 e. The van der Waals surface area contributed by atoms with Gasteiger partial charge in [-0.25, -0.2) is 4.98 Å². The Morgan fingerprint density at radius 3 is 2.87 bits per heavy atom. The Morgan fingerprint density at radius 2 is 2.27 bits per heavy atom. The minimum atomic E-state index is 0.476. The molecule has 2 heterocycles. The number of rotatable bonds is 1. The highest BCUT2D eigenvalue weighted by Crippen LogP contribution is 2.48. The van der Waals surface area contributed by atoms with Gasteiger partial charge in [-0.3, -0.25) is 0 Å². The second-order valence-corrected chi connectivity index (χ2v) is 5.22. The first-order valence-electron chi connectivity index (χ1n) is 5.64. The molecule has 1 aliphatic heterocycles. The fraction of sp³-hybridized carbons (Fsp3) is 0.583. The van der Waals surface area contributed by atoms with Crippen LogP contribution in [0.15, 0.2) is 18.3 Å². The zero-order valence-corrected chi connectivity index (χ0v) is 9.43. The van der Waals surface area contributed by atoms with Crippen LogP contribution in [-0.4, -0.2) is 17.1 Å². The molecule has 0 atom stereocenters. The molecule has 1 spiro atoms. The van der Waals surface area contributed by atoms with E-state index in [0.29, 0.717) is 16.6 Å². The van der Waals surface area contributed by atoms with E-state index in [-0.39, 0.29) is 0 Å². The van der Waals surface area contributed by atoms with Gasteiger partial charge in [0.2, 0.25) is 0 Å². The normalized spacial score (nSPS) is 34.3. The van der Waals surface area contributed by atoms with E-state index in [0.717, 1.165) is 0 Å². The van der Waals surface area contributed by atoms with Gasteiger partial charge in [0.25, 0.3) is 0 Å². The van der Waals surface area contributed by atoms with Gasteiger partial charge in [0.05, 0.1) is 0 Å². The molecule has 1 saturated carbocycles. The maximum atomic E-state index is 5.77. The van der Waals surface area contributed by atoms with Gasteiger partial charge >= 0.3 is 0 Å². The van der Waals surface area contributed by atoms with Crippen LogP contribution in [0.2, 0.25) is 5.15 Å². The van der Waals surface area contributed by atoms with E-state index in [1.807, 2.05) is 12.3 Å². The van der Waals surface area contributed by atoms with Crippen molar-refractivity contribution in [2.75, 3.05) is 6.54 Å². The monoisotopic (exact) mass is 222 g/mol. The Labute approximate surface area is 95.0 Å². The van der Waals surface area contributed by atoms with Gasteiger partial charge < -0.3 is 5.32 Å². The minimum absolute atomic E-state index is 0.476. The van der Waals surface area contributed by atoms with Crippen molar-refractivity contribution in [3.05, 3.63) is 29.0 Å². The van der Waals surface area contributed by atoms with Crippen LogP contribution >= 0.6 is 11.6 Å². The average molecular weight is 223 g/mol. The molecule has 3 heteroatoms. The highest BCUT2D eigenvalue weighted by Gasteiger charge is 2.46. The molecule has 2 fully saturated rings. The molecule has 0 radical (unpaired) electrons. The lowest BCUT2D eigenvalue weighted by Gasteiger charge is -2.45. The van der Waals surface area contributed by atoms with Crippen molar-refractivity contribution in [3.63, 3.8) is 0 Å². The smallest absolute Gasteiger partial charge is 0.129 e. The fourth-order valence-corrected chi connectivity index (χ4v) is 3.08. The molecule has 1 N–H and O–H groups in total. The summed E-state index contributed by atoms with van der Waals surface area (Å²) >= 11 is 5.77. The maximum absolute atomic E-state index is 5.77. The van der Waals surface area contributed by atoms with Crippen molar-refractivity contribution in [3.8, 4) is 0 Å². The van der Waals surface area contributed by atoms with E-state index >= 15 is 0 Å². The number of hydrogen-bond acceptors (Lipinski definition) is 2. The number of halogens is 1. The summed E-state index contributed by atoms with van der Waals surface area (Å²) in [4.78, 5) is 4.14. The molecule has 3 rings (SSSR count). The van der Waals surface area contributed by atoms with E-state index in [1.54, 1.807) is 0 Å². The Bertz CT molecular complexity index is 346. The Hall–Kier alpha value is -0.600. The summed E-state index contributed by atoms with van der Waals surface area (Å²) in [6.07, 6.45) is 7.16. The third kappa shape index (κ3) is 1.66. The Kier molecular flexibility index (Phi) is 2.22. The highest BCUT2D eigenvalue weighted by atomic mass is 35.5. The first-order chi connectivity index (χ1) is 7.27. The third-order valence-corrected chi connectivity index (χ3v) is 4.05. The van der Waals surface area contributed by atoms with Crippen LogP contribution in [0.1, 0.15) is 37.2 Å². The van der Waals surface area contributed by atoms with E-state index in [2.05, 4.69) is 16.4 Å². The van der Waals surface area contributed by atoms with Crippen molar-refractivity contribution >= 4 is 11.6 Å². The molecule has 1 aromatic heterocycles. The Balaban J connectivity index is 1.69. The lowest BCUT2D eigenvalue weighted by Crippen LogP contribution is -2.50. The van der Waals surface area contributed by atoms with E-state index < -0.39 is 0 Å². The molecule has 0 aromatic carbocycles. The van der Waals surface area contributed by atoms with Gasteiger partial charge in [-0.05, 0) is 49.8 Å². The quantitative estimate of drug-likeness (QED) is 0.740.